The monoisotopic (exact) mass is 312 g/mol. The van der Waals surface area contributed by atoms with E-state index in [9.17, 15) is 4.79 Å². The Bertz CT molecular complexity index is 679. The first-order valence-corrected chi connectivity index (χ1v) is 8.28. The van der Waals surface area contributed by atoms with Crippen LogP contribution in [0.5, 0.6) is 0 Å². The molecule has 1 aromatic carbocycles. The molecule has 2 aromatic rings. The smallest absolute Gasteiger partial charge is 0.317 e. The van der Waals surface area contributed by atoms with Gasteiger partial charge in [0.1, 0.15) is 0 Å². The predicted octanol–water partition coefficient (Wildman–Crippen LogP) is 3.12. The number of carbonyl (C=O) groups is 1. The van der Waals surface area contributed by atoms with Crippen LogP contribution in [0.2, 0.25) is 0 Å². The quantitative estimate of drug-likeness (QED) is 0.943. The molecular formula is C18H24N4O. The number of nitrogens with one attached hydrogen (secondary N) is 1. The molecule has 0 bridgehead atoms. The number of urea groups is 1. The van der Waals surface area contributed by atoms with Crippen LogP contribution < -0.4 is 5.32 Å². The molecule has 1 aliphatic carbocycles. The molecule has 23 heavy (non-hydrogen) atoms. The van der Waals surface area contributed by atoms with Crippen LogP contribution in [-0.2, 0) is 19.5 Å². The molecule has 5 heteroatoms. The Hall–Kier alpha value is -2.30. The summed E-state index contributed by atoms with van der Waals surface area (Å²) in [5.41, 5.74) is 3.68. The Morgan fingerprint density at radius 3 is 3.09 bits per heavy atom. The molecule has 1 N–H and O–H groups in total. The van der Waals surface area contributed by atoms with E-state index in [2.05, 4.69) is 41.5 Å². The lowest BCUT2D eigenvalue weighted by molar-refractivity contribution is 0.183. The summed E-state index contributed by atoms with van der Waals surface area (Å²) in [7, 11) is 1.89. The molecule has 0 saturated carbocycles. The second-order valence-electron chi connectivity index (χ2n) is 6.05. The summed E-state index contributed by atoms with van der Waals surface area (Å²) in [5.74, 6) is 0. The molecule has 5 nitrogen and oxygen atoms in total. The molecule has 1 aliphatic rings. The van der Waals surface area contributed by atoms with Gasteiger partial charge < -0.3 is 14.8 Å². The lowest BCUT2D eigenvalue weighted by atomic mass is 9.87. The largest absolute Gasteiger partial charge is 0.333 e. The second kappa shape index (κ2) is 6.86. The standard InChI is InChI=1S/C18H24N4O/c1-3-22-13-19-11-15(22)12-20-18(23)21(2)17-10-6-8-14-7-4-5-9-16(14)17/h4-5,7,9,11,13,17H,3,6,8,10,12H2,1-2H3,(H,20,23)/t17-/m1/s1. The van der Waals surface area contributed by atoms with Gasteiger partial charge in [0.05, 0.1) is 24.6 Å². The number of nitrogens with zero attached hydrogens (tertiary/aromatic N) is 3. The summed E-state index contributed by atoms with van der Waals surface area (Å²) in [5, 5.41) is 3.01. The van der Waals surface area contributed by atoms with Gasteiger partial charge in [-0.15, -0.1) is 0 Å². The second-order valence-corrected chi connectivity index (χ2v) is 6.05. The first-order chi connectivity index (χ1) is 11.2. The van der Waals surface area contributed by atoms with Crippen LogP contribution in [0.3, 0.4) is 0 Å². The van der Waals surface area contributed by atoms with E-state index in [1.807, 2.05) is 16.5 Å². The molecule has 3 rings (SSSR count). The highest BCUT2D eigenvalue weighted by atomic mass is 16.2. The molecule has 0 unspecified atom stereocenters. The maximum absolute atomic E-state index is 12.5. The number of aromatic nitrogens is 2. The fourth-order valence-corrected chi connectivity index (χ4v) is 3.34. The Morgan fingerprint density at radius 2 is 2.26 bits per heavy atom. The van der Waals surface area contributed by atoms with Gasteiger partial charge in [0.2, 0.25) is 0 Å². The number of benzene rings is 1. The van der Waals surface area contributed by atoms with Crippen molar-refractivity contribution in [3.8, 4) is 0 Å². The van der Waals surface area contributed by atoms with Crippen LogP contribution in [0.1, 0.15) is 42.6 Å². The predicted molar refractivity (Wildman–Crippen MR) is 90.0 cm³/mol. The summed E-state index contributed by atoms with van der Waals surface area (Å²) in [6.45, 7) is 3.43. The summed E-state index contributed by atoms with van der Waals surface area (Å²) in [6, 6.07) is 8.59. The molecule has 0 fully saturated rings. The average molecular weight is 312 g/mol. The minimum absolute atomic E-state index is 0.0319. The molecular weight excluding hydrogens is 288 g/mol. The van der Waals surface area contributed by atoms with E-state index >= 15 is 0 Å². The average Bonchev–Trinajstić information content (AvgIpc) is 3.06. The van der Waals surface area contributed by atoms with E-state index in [-0.39, 0.29) is 12.1 Å². The third-order valence-corrected chi connectivity index (χ3v) is 4.69. The van der Waals surface area contributed by atoms with Crippen LogP contribution in [0.15, 0.2) is 36.8 Å². The van der Waals surface area contributed by atoms with Gasteiger partial charge in [0.25, 0.3) is 0 Å². The Kier molecular flexibility index (Phi) is 4.65. The van der Waals surface area contributed by atoms with Gasteiger partial charge in [0, 0.05) is 19.8 Å². The van der Waals surface area contributed by atoms with Crippen molar-refractivity contribution in [2.24, 2.45) is 0 Å². The van der Waals surface area contributed by atoms with Crippen molar-refractivity contribution in [1.82, 2.24) is 19.8 Å². The van der Waals surface area contributed by atoms with E-state index < -0.39 is 0 Å². The lowest BCUT2D eigenvalue weighted by Crippen LogP contribution is -2.40. The summed E-state index contributed by atoms with van der Waals surface area (Å²) >= 11 is 0. The zero-order chi connectivity index (χ0) is 16.2. The van der Waals surface area contributed by atoms with E-state index in [1.165, 1.54) is 11.1 Å². The number of aryl methyl sites for hydroxylation is 2. The third kappa shape index (κ3) is 3.23. The zero-order valence-corrected chi connectivity index (χ0v) is 13.8. The number of rotatable bonds is 4. The Labute approximate surface area is 137 Å². The van der Waals surface area contributed by atoms with Crippen molar-refractivity contribution in [1.29, 1.82) is 0 Å². The number of imidazole rings is 1. The highest BCUT2D eigenvalue weighted by Crippen LogP contribution is 2.33. The molecule has 0 radical (unpaired) electrons. The van der Waals surface area contributed by atoms with Gasteiger partial charge in [0.15, 0.2) is 0 Å². The molecule has 0 spiro atoms. The Morgan fingerprint density at radius 1 is 1.43 bits per heavy atom. The number of hydrogen-bond acceptors (Lipinski definition) is 2. The van der Waals surface area contributed by atoms with E-state index in [0.29, 0.717) is 6.54 Å². The van der Waals surface area contributed by atoms with E-state index in [0.717, 1.165) is 31.5 Å². The third-order valence-electron chi connectivity index (χ3n) is 4.69. The van der Waals surface area contributed by atoms with Crippen molar-refractivity contribution < 1.29 is 4.79 Å². The summed E-state index contributed by atoms with van der Waals surface area (Å²) in [4.78, 5) is 18.5. The fraction of sp³-hybridized carbons (Fsp3) is 0.444. The molecule has 1 heterocycles. The minimum atomic E-state index is -0.0319. The van der Waals surface area contributed by atoms with Crippen molar-refractivity contribution in [2.75, 3.05) is 7.05 Å². The first-order valence-electron chi connectivity index (χ1n) is 8.28. The Balaban J connectivity index is 1.66. The van der Waals surface area contributed by atoms with Crippen LogP contribution in [0, 0.1) is 0 Å². The molecule has 0 saturated heterocycles. The topological polar surface area (TPSA) is 50.2 Å². The molecule has 1 aromatic heterocycles. The van der Waals surface area contributed by atoms with Gasteiger partial charge in [-0.25, -0.2) is 9.78 Å². The summed E-state index contributed by atoms with van der Waals surface area (Å²) < 4.78 is 2.04. The van der Waals surface area contributed by atoms with Crippen molar-refractivity contribution in [3.05, 3.63) is 53.6 Å². The normalized spacial score (nSPS) is 16.7. The first kappa shape index (κ1) is 15.6. The van der Waals surface area contributed by atoms with Crippen LogP contribution in [-0.4, -0.2) is 27.5 Å². The SMILES string of the molecule is CCn1cncc1CNC(=O)N(C)[C@@H]1CCCc2ccccc21. The number of carbonyl (C=O) groups excluding carboxylic acids is 1. The van der Waals surface area contributed by atoms with Crippen LogP contribution in [0.4, 0.5) is 4.79 Å². The van der Waals surface area contributed by atoms with Crippen molar-refractivity contribution >= 4 is 6.03 Å². The highest BCUT2D eigenvalue weighted by Gasteiger charge is 2.26. The minimum Gasteiger partial charge on any atom is -0.333 e. The van der Waals surface area contributed by atoms with Crippen molar-refractivity contribution in [3.63, 3.8) is 0 Å². The lowest BCUT2D eigenvalue weighted by Gasteiger charge is -2.33. The van der Waals surface area contributed by atoms with Gasteiger partial charge >= 0.3 is 6.03 Å². The van der Waals surface area contributed by atoms with Gasteiger partial charge in [-0.05, 0) is 37.3 Å². The molecule has 2 amide bonds. The zero-order valence-electron chi connectivity index (χ0n) is 13.8. The van der Waals surface area contributed by atoms with Crippen LogP contribution in [0.25, 0.3) is 0 Å². The van der Waals surface area contributed by atoms with Gasteiger partial charge in [-0.2, -0.15) is 0 Å². The maximum atomic E-state index is 12.5. The van der Waals surface area contributed by atoms with Gasteiger partial charge in [-0.3, -0.25) is 0 Å². The number of hydrogen-bond donors (Lipinski definition) is 1. The number of amides is 2. The molecule has 1 atom stereocenters. The fourth-order valence-electron chi connectivity index (χ4n) is 3.34. The molecule has 0 aliphatic heterocycles. The molecule has 122 valence electrons. The highest BCUT2D eigenvalue weighted by molar-refractivity contribution is 5.74. The summed E-state index contributed by atoms with van der Waals surface area (Å²) in [6.07, 6.45) is 6.86. The number of fused-ring (bicyclic) bond motifs is 1. The van der Waals surface area contributed by atoms with Crippen molar-refractivity contribution in [2.45, 2.75) is 45.3 Å². The van der Waals surface area contributed by atoms with Crippen LogP contribution >= 0.6 is 0 Å². The van der Waals surface area contributed by atoms with E-state index in [1.54, 1.807) is 12.5 Å². The van der Waals surface area contributed by atoms with E-state index in [4.69, 9.17) is 0 Å². The maximum Gasteiger partial charge on any atom is 0.317 e. The van der Waals surface area contributed by atoms with Gasteiger partial charge in [-0.1, -0.05) is 24.3 Å².